The number of hydrogen-bond donors (Lipinski definition) is 3. The summed E-state index contributed by atoms with van der Waals surface area (Å²) in [4.78, 5) is 13.1. The summed E-state index contributed by atoms with van der Waals surface area (Å²) in [6, 6.07) is 27.9. The van der Waals surface area contributed by atoms with Gasteiger partial charge in [-0.15, -0.1) is 10.2 Å². The molecule has 0 saturated heterocycles. The molecule has 214 valence electrons. The van der Waals surface area contributed by atoms with Crippen LogP contribution in [-0.4, -0.2) is 32.8 Å². The monoisotopic (exact) mass is 572 g/mol. The number of nitrogens with one attached hydrogen (secondary N) is 3. The fourth-order valence-corrected chi connectivity index (χ4v) is 4.43. The van der Waals surface area contributed by atoms with Gasteiger partial charge in [0.25, 0.3) is 0 Å². The largest absolute Gasteiger partial charge is 0.484 e. The van der Waals surface area contributed by atoms with Crippen molar-refractivity contribution in [2.75, 3.05) is 10.6 Å². The summed E-state index contributed by atoms with van der Waals surface area (Å²) in [5.74, 6) is 0.597. The predicted molar refractivity (Wildman–Crippen MR) is 154 cm³/mol. The van der Waals surface area contributed by atoms with Crippen molar-refractivity contribution >= 4 is 17.4 Å². The van der Waals surface area contributed by atoms with Crippen LogP contribution >= 0.6 is 0 Å². The van der Waals surface area contributed by atoms with Crippen LogP contribution in [0.2, 0.25) is 0 Å². The number of rotatable bonds is 9. The molecule has 5 rings (SSSR count). The van der Waals surface area contributed by atoms with Crippen LogP contribution in [0.25, 0.3) is 22.5 Å². The van der Waals surface area contributed by atoms with Crippen LogP contribution in [-0.2, 0) is 0 Å². The molecular weight excluding hydrogens is 545 g/mol. The molecule has 0 fully saturated rings. The van der Waals surface area contributed by atoms with Crippen LogP contribution in [0.5, 0.6) is 5.75 Å². The summed E-state index contributed by atoms with van der Waals surface area (Å²) < 4.78 is 45.8. The van der Waals surface area contributed by atoms with E-state index in [9.17, 15) is 18.0 Å². The number of carbonyl (C=O) groups is 1. The third-order valence-electron chi connectivity index (χ3n) is 6.49. The lowest BCUT2D eigenvalue weighted by molar-refractivity contribution is -0.139. The van der Waals surface area contributed by atoms with E-state index < -0.39 is 24.7 Å². The zero-order chi connectivity index (χ0) is 29.5. The number of hydrogen-bond acceptors (Lipinski definition) is 5. The van der Waals surface area contributed by atoms with Gasteiger partial charge in [0.15, 0.2) is 0 Å². The number of aryl methyl sites for hydroxylation is 1. The molecule has 2 amide bonds. The normalized spacial score (nSPS) is 12.0. The molecule has 5 aromatic rings. The molecule has 11 heteroatoms. The number of aromatic amines is 1. The van der Waals surface area contributed by atoms with E-state index in [1.54, 1.807) is 60.7 Å². The van der Waals surface area contributed by atoms with E-state index in [4.69, 9.17) is 4.74 Å². The minimum Gasteiger partial charge on any atom is -0.484 e. The summed E-state index contributed by atoms with van der Waals surface area (Å²) in [6.07, 6.45) is -6.59. The van der Waals surface area contributed by atoms with Crippen molar-refractivity contribution < 1.29 is 22.7 Å². The minimum atomic E-state index is -4.35. The lowest BCUT2D eigenvalue weighted by Gasteiger charge is -2.23. The Labute approximate surface area is 239 Å². The number of benzene rings is 4. The molecule has 3 N–H and O–H groups in total. The van der Waals surface area contributed by atoms with Gasteiger partial charge >= 0.3 is 12.2 Å². The van der Waals surface area contributed by atoms with E-state index in [2.05, 4.69) is 31.3 Å². The van der Waals surface area contributed by atoms with Crippen molar-refractivity contribution in [3.8, 4) is 28.3 Å². The highest BCUT2D eigenvalue weighted by atomic mass is 19.4. The number of nitrogens with zero attached hydrogens (tertiary/aromatic N) is 3. The summed E-state index contributed by atoms with van der Waals surface area (Å²) in [5.41, 5.74) is 4.62. The number of H-pyrrole nitrogens is 1. The van der Waals surface area contributed by atoms with Gasteiger partial charge in [-0.1, -0.05) is 78.4 Å². The first-order valence-corrected chi connectivity index (χ1v) is 13.2. The maximum absolute atomic E-state index is 13.2. The standard InChI is InChI=1S/C31H27F3N6O2/c1-20-11-14-23(15-12-20)35-30(41)36-26-19-22(24-9-5-6-10-25(24)29-37-39-40-38-29)13-16-28(26)42-27(17-18-31(32,33)34)21-7-3-2-4-8-21/h2-16,19,27H,17-18H2,1H3,(H2,35,36,41)(H,37,38,39,40). The highest BCUT2D eigenvalue weighted by Gasteiger charge is 2.30. The molecule has 1 aromatic heterocycles. The number of anilines is 2. The fraction of sp³-hybridized carbons (Fsp3) is 0.161. The van der Waals surface area contributed by atoms with Crippen LogP contribution < -0.4 is 15.4 Å². The second-order valence-electron chi connectivity index (χ2n) is 9.61. The summed E-state index contributed by atoms with van der Waals surface area (Å²) in [6.45, 7) is 1.94. The molecule has 42 heavy (non-hydrogen) atoms. The topological polar surface area (TPSA) is 105 Å². The highest BCUT2D eigenvalue weighted by molar-refractivity contribution is 6.01. The molecule has 0 bridgehead atoms. The van der Waals surface area contributed by atoms with E-state index in [1.165, 1.54) is 0 Å². The number of halogens is 3. The van der Waals surface area contributed by atoms with Crippen molar-refractivity contribution in [3.63, 3.8) is 0 Å². The Kier molecular flexibility index (Phi) is 8.47. The second-order valence-corrected chi connectivity index (χ2v) is 9.61. The van der Waals surface area contributed by atoms with E-state index in [0.29, 0.717) is 28.2 Å². The molecule has 0 saturated carbocycles. The molecule has 0 aliphatic heterocycles. The molecular formula is C31H27F3N6O2. The van der Waals surface area contributed by atoms with Gasteiger partial charge < -0.3 is 15.4 Å². The summed E-state index contributed by atoms with van der Waals surface area (Å²) >= 11 is 0. The Balaban J connectivity index is 1.51. The number of ether oxygens (including phenoxy) is 1. The summed E-state index contributed by atoms with van der Waals surface area (Å²) in [7, 11) is 0. The number of tetrazole rings is 1. The van der Waals surface area contributed by atoms with E-state index in [1.807, 2.05) is 43.3 Å². The van der Waals surface area contributed by atoms with Crippen molar-refractivity contribution in [2.24, 2.45) is 0 Å². The first-order chi connectivity index (χ1) is 20.2. The third kappa shape index (κ3) is 7.30. The van der Waals surface area contributed by atoms with Crippen molar-refractivity contribution in [3.05, 3.63) is 108 Å². The first-order valence-electron chi connectivity index (χ1n) is 13.2. The predicted octanol–water partition coefficient (Wildman–Crippen LogP) is 7.95. The van der Waals surface area contributed by atoms with Gasteiger partial charge in [0, 0.05) is 17.7 Å². The molecule has 1 heterocycles. The Bertz CT molecular complexity index is 1630. The van der Waals surface area contributed by atoms with Crippen LogP contribution in [0.15, 0.2) is 97.1 Å². The number of amides is 2. The number of urea groups is 1. The Hall–Kier alpha value is -5.19. The van der Waals surface area contributed by atoms with Gasteiger partial charge in [-0.25, -0.2) is 4.79 Å². The maximum atomic E-state index is 13.2. The number of aromatic nitrogens is 4. The number of carbonyl (C=O) groups excluding carboxylic acids is 1. The molecule has 1 unspecified atom stereocenters. The van der Waals surface area contributed by atoms with E-state index >= 15 is 0 Å². The Morgan fingerprint density at radius 3 is 2.31 bits per heavy atom. The molecule has 0 spiro atoms. The van der Waals surface area contributed by atoms with Crippen molar-refractivity contribution in [1.82, 2.24) is 20.6 Å². The maximum Gasteiger partial charge on any atom is 0.389 e. The van der Waals surface area contributed by atoms with Crippen LogP contribution in [0.3, 0.4) is 0 Å². The van der Waals surface area contributed by atoms with Crippen LogP contribution in [0.1, 0.15) is 30.1 Å². The second kappa shape index (κ2) is 12.5. The molecule has 4 aromatic carbocycles. The lowest BCUT2D eigenvalue weighted by atomic mass is 9.98. The first kappa shape index (κ1) is 28.3. The molecule has 1 atom stereocenters. The highest BCUT2D eigenvalue weighted by Crippen LogP contribution is 2.38. The van der Waals surface area contributed by atoms with Gasteiger partial charge in [0.1, 0.15) is 11.9 Å². The summed E-state index contributed by atoms with van der Waals surface area (Å²) in [5, 5.41) is 19.9. The van der Waals surface area contributed by atoms with E-state index in [-0.39, 0.29) is 17.9 Å². The van der Waals surface area contributed by atoms with Crippen LogP contribution in [0.4, 0.5) is 29.3 Å². The third-order valence-corrected chi connectivity index (χ3v) is 6.49. The SMILES string of the molecule is Cc1ccc(NC(=O)Nc2cc(-c3ccccc3-c3nn[nH]n3)ccc2OC(CCC(F)(F)F)c2ccccc2)cc1. The van der Waals surface area contributed by atoms with Gasteiger partial charge in [0.05, 0.1) is 5.69 Å². The smallest absolute Gasteiger partial charge is 0.389 e. The lowest BCUT2D eigenvalue weighted by Crippen LogP contribution is -2.20. The average molecular weight is 573 g/mol. The van der Waals surface area contributed by atoms with Crippen molar-refractivity contribution in [1.29, 1.82) is 0 Å². The molecule has 0 aliphatic rings. The van der Waals surface area contributed by atoms with Crippen molar-refractivity contribution in [2.45, 2.75) is 32.0 Å². The van der Waals surface area contributed by atoms with Gasteiger partial charge in [-0.3, -0.25) is 0 Å². The zero-order valence-corrected chi connectivity index (χ0v) is 22.5. The number of alkyl halides is 3. The van der Waals surface area contributed by atoms with Gasteiger partial charge in [-0.05, 0) is 59.5 Å². The minimum absolute atomic E-state index is 0.214. The molecule has 0 aliphatic carbocycles. The molecule has 0 radical (unpaired) electrons. The van der Waals surface area contributed by atoms with Gasteiger partial charge in [0.2, 0.25) is 5.82 Å². The van der Waals surface area contributed by atoms with E-state index in [0.717, 1.165) is 11.1 Å². The Morgan fingerprint density at radius 2 is 1.62 bits per heavy atom. The zero-order valence-electron chi connectivity index (χ0n) is 22.5. The van der Waals surface area contributed by atoms with Crippen LogP contribution in [0, 0.1) is 6.92 Å². The Morgan fingerprint density at radius 1 is 0.905 bits per heavy atom. The van der Waals surface area contributed by atoms with Gasteiger partial charge in [-0.2, -0.15) is 18.4 Å². The molecule has 8 nitrogen and oxygen atoms in total. The quantitative estimate of drug-likeness (QED) is 0.166. The fourth-order valence-electron chi connectivity index (χ4n) is 4.43. The average Bonchev–Trinajstić information content (AvgIpc) is 3.52.